The number of halogens is 1. The third kappa shape index (κ3) is 3.26. The van der Waals surface area contributed by atoms with E-state index in [9.17, 15) is 9.59 Å². The lowest BCUT2D eigenvalue weighted by Gasteiger charge is -2.46. The first kappa shape index (κ1) is 19.2. The van der Waals surface area contributed by atoms with Crippen LogP contribution in [0.3, 0.4) is 0 Å². The number of pyridine rings is 1. The second-order valence-corrected chi connectivity index (χ2v) is 8.55. The minimum absolute atomic E-state index is 0.00332. The van der Waals surface area contributed by atoms with E-state index in [-0.39, 0.29) is 29.8 Å². The zero-order valence-electron chi connectivity index (χ0n) is 16.6. The lowest BCUT2D eigenvalue weighted by Crippen LogP contribution is -2.61. The second kappa shape index (κ2) is 7.36. The summed E-state index contributed by atoms with van der Waals surface area (Å²) in [6, 6.07) is 7.24. The summed E-state index contributed by atoms with van der Waals surface area (Å²) in [4.78, 5) is 34.6. The topological polar surface area (TPSA) is 53.5 Å². The number of carbonyl (C=O) groups excluding carboxylic acids is 2. The highest BCUT2D eigenvalue weighted by atomic mass is 35.5. The summed E-state index contributed by atoms with van der Waals surface area (Å²) < 4.78 is 0. The Balaban J connectivity index is 1.61. The molecule has 1 aromatic heterocycles. The van der Waals surface area contributed by atoms with E-state index in [0.717, 1.165) is 35.9 Å². The van der Waals surface area contributed by atoms with Crippen molar-refractivity contribution < 1.29 is 9.59 Å². The summed E-state index contributed by atoms with van der Waals surface area (Å²) in [7, 11) is 0. The van der Waals surface area contributed by atoms with Gasteiger partial charge in [-0.1, -0.05) is 18.0 Å². The van der Waals surface area contributed by atoms with Gasteiger partial charge in [0.05, 0.1) is 11.1 Å². The third-order valence-corrected chi connectivity index (χ3v) is 6.63. The fraction of sp³-hybridized carbons (Fsp3) is 0.500. The van der Waals surface area contributed by atoms with Gasteiger partial charge in [0, 0.05) is 47.2 Å². The number of aromatic nitrogens is 1. The molecule has 0 N–H and O–H groups in total. The van der Waals surface area contributed by atoms with Crippen LogP contribution in [0.1, 0.15) is 49.2 Å². The number of fused-ring (bicyclic) bond motifs is 1. The van der Waals surface area contributed by atoms with Crippen LogP contribution >= 0.6 is 11.6 Å². The number of piperazine rings is 1. The van der Waals surface area contributed by atoms with E-state index in [1.807, 2.05) is 42.7 Å². The quantitative estimate of drug-likeness (QED) is 0.765. The fourth-order valence-electron chi connectivity index (χ4n) is 4.29. The highest BCUT2D eigenvalue weighted by Gasteiger charge is 2.39. The van der Waals surface area contributed by atoms with E-state index in [1.54, 1.807) is 12.1 Å². The van der Waals surface area contributed by atoms with E-state index in [4.69, 9.17) is 11.6 Å². The predicted octanol–water partition coefficient (Wildman–Crippen LogP) is 4.06. The van der Waals surface area contributed by atoms with Crippen LogP contribution in [0.5, 0.6) is 0 Å². The Bertz CT molecular complexity index is 941. The van der Waals surface area contributed by atoms with Crippen molar-refractivity contribution in [3.63, 3.8) is 0 Å². The number of nitrogens with zero attached hydrogens (tertiary/aromatic N) is 3. The molecule has 1 aliphatic carbocycles. The van der Waals surface area contributed by atoms with Crippen molar-refractivity contribution in [3.05, 3.63) is 40.5 Å². The van der Waals surface area contributed by atoms with Crippen LogP contribution in [0.2, 0.25) is 5.02 Å². The van der Waals surface area contributed by atoms with Gasteiger partial charge in [-0.3, -0.25) is 14.6 Å². The molecule has 2 fully saturated rings. The van der Waals surface area contributed by atoms with Crippen molar-refractivity contribution in [2.45, 2.75) is 52.1 Å². The van der Waals surface area contributed by atoms with Gasteiger partial charge in [0.15, 0.2) is 0 Å². The molecule has 2 aromatic rings. The monoisotopic (exact) mass is 399 g/mol. The first-order valence-corrected chi connectivity index (χ1v) is 10.4. The number of hydrogen-bond donors (Lipinski definition) is 0. The minimum atomic E-state index is -0.0482. The average molecular weight is 400 g/mol. The Labute approximate surface area is 170 Å². The molecular formula is C22H26ClN3O2. The van der Waals surface area contributed by atoms with Gasteiger partial charge in [-0.2, -0.15) is 0 Å². The van der Waals surface area contributed by atoms with Gasteiger partial charge >= 0.3 is 0 Å². The Morgan fingerprint density at radius 2 is 1.75 bits per heavy atom. The molecule has 2 heterocycles. The first-order valence-electron chi connectivity index (χ1n) is 10.0. The smallest absolute Gasteiger partial charge is 0.254 e. The molecule has 0 spiro atoms. The number of aryl methyl sites for hydroxylation is 1. The fourth-order valence-corrected chi connectivity index (χ4v) is 4.46. The minimum Gasteiger partial charge on any atom is -0.336 e. The van der Waals surface area contributed by atoms with Crippen molar-refractivity contribution in [1.82, 2.24) is 14.8 Å². The van der Waals surface area contributed by atoms with Crippen molar-refractivity contribution in [1.29, 1.82) is 0 Å². The maximum absolute atomic E-state index is 13.5. The van der Waals surface area contributed by atoms with E-state index in [1.165, 1.54) is 0 Å². The summed E-state index contributed by atoms with van der Waals surface area (Å²) in [5.74, 6) is 0.424. The van der Waals surface area contributed by atoms with E-state index in [2.05, 4.69) is 4.98 Å². The maximum Gasteiger partial charge on any atom is 0.254 e. The van der Waals surface area contributed by atoms with Crippen LogP contribution in [0.15, 0.2) is 24.3 Å². The molecule has 148 valence electrons. The normalized spacial score (nSPS) is 23.0. The Morgan fingerprint density at radius 3 is 2.43 bits per heavy atom. The molecular weight excluding hydrogens is 374 g/mol. The molecule has 4 rings (SSSR count). The zero-order valence-corrected chi connectivity index (χ0v) is 17.4. The van der Waals surface area contributed by atoms with Gasteiger partial charge in [-0.05, 0) is 57.9 Å². The largest absolute Gasteiger partial charge is 0.336 e. The maximum atomic E-state index is 13.5. The summed E-state index contributed by atoms with van der Waals surface area (Å²) in [5, 5.41) is 1.36. The molecule has 6 heteroatoms. The zero-order chi connectivity index (χ0) is 20.0. The highest BCUT2D eigenvalue weighted by Crippen LogP contribution is 2.31. The molecule has 1 aliphatic heterocycles. The van der Waals surface area contributed by atoms with E-state index < -0.39 is 0 Å². The van der Waals surface area contributed by atoms with Gasteiger partial charge in [0.2, 0.25) is 5.91 Å². The Kier molecular flexibility index (Phi) is 5.04. The summed E-state index contributed by atoms with van der Waals surface area (Å²) in [5.41, 5.74) is 2.20. The van der Waals surface area contributed by atoms with Crippen LogP contribution < -0.4 is 0 Å². The summed E-state index contributed by atoms with van der Waals surface area (Å²) >= 11 is 6.18. The number of rotatable bonds is 2. The lowest BCUT2D eigenvalue weighted by atomic mass is 9.83. The average Bonchev–Trinajstić information content (AvgIpc) is 2.61. The van der Waals surface area contributed by atoms with E-state index >= 15 is 0 Å². The lowest BCUT2D eigenvalue weighted by molar-refractivity contribution is -0.143. The van der Waals surface area contributed by atoms with Gasteiger partial charge in [-0.15, -0.1) is 0 Å². The molecule has 0 unspecified atom stereocenters. The predicted molar refractivity (Wildman–Crippen MR) is 111 cm³/mol. The Hall–Kier alpha value is -2.14. The van der Waals surface area contributed by atoms with Crippen LogP contribution in [-0.2, 0) is 4.79 Å². The SMILES string of the molecule is Cc1cc(C(=O)N2CCN(C(=O)C3CCC3)[C@H](C)[C@H]2C)c2cc(Cl)ccc2n1. The number of benzene rings is 1. The van der Waals surface area contributed by atoms with Crippen LogP contribution in [0, 0.1) is 12.8 Å². The van der Waals surface area contributed by atoms with Crippen LogP contribution in [0.4, 0.5) is 0 Å². The third-order valence-electron chi connectivity index (χ3n) is 6.39. The molecule has 0 radical (unpaired) electrons. The molecule has 2 amide bonds. The highest BCUT2D eigenvalue weighted by molar-refractivity contribution is 6.31. The number of hydrogen-bond acceptors (Lipinski definition) is 3. The van der Waals surface area contributed by atoms with Crippen molar-refractivity contribution >= 4 is 34.3 Å². The summed E-state index contributed by atoms with van der Waals surface area (Å²) in [6.45, 7) is 7.12. The van der Waals surface area contributed by atoms with Crippen LogP contribution in [0.25, 0.3) is 10.9 Å². The Morgan fingerprint density at radius 1 is 1.07 bits per heavy atom. The van der Waals surface area contributed by atoms with E-state index in [0.29, 0.717) is 23.7 Å². The van der Waals surface area contributed by atoms with Crippen molar-refractivity contribution in [3.8, 4) is 0 Å². The van der Waals surface area contributed by atoms with Gasteiger partial charge in [-0.25, -0.2) is 0 Å². The van der Waals surface area contributed by atoms with Crippen molar-refractivity contribution in [2.75, 3.05) is 13.1 Å². The molecule has 2 atom stereocenters. The molecule has 5 nitrogen and oxygen atoms in total. The molecule has 0 bridgehead atoms. The second-order valence-electron chi connectivity index (χ2n) is 8.11. The molecule has 2 aliphatic rings. The van der Waals surface area contributed by atoms with Crippen LogP contribution in [-0.4, -0.2) is 51.8 Å². The van der Waals surface area contributed by atoms with Crippen molar-refractivity contribution in [2.24, 2.45) is 5.92 Å². The van der Waals surface area contributed by atoms with Gasteiger partial charge in [0.25, 0.3) is 5.91 Å². The number of amides is 2. The molecule has 1 aromatic carbocycles. The first-order chi connectivity index (χ1) is 13.4. The van der Waals surface area contributed by atoms with Gasteiger partial charge < -0.3 is 9.80 Å². The molecule has 1 saturated carbocycles. The summed E-state index contributed by atoms with van der Waals surface area (Å²) in [6.07, 6.45) is 3.15. The molecule has 28 heavy (non-hydrogen) atoms. The number of carbonyl (C=O) groups is 2. The molecule has 1 saturated heterocycles. The standard InChI is InChI=1S/C22H26ClN3O2/c1-13-11-19(18-12-17(23)7-8-20(18)24-13)22(28)26-10-9-25(14(2)15(26)3)21(27)16-5-4-6-16/h7-8,11-12,14-16H,4-6,9-10H2,1-3H3/t14-,15-/m1/s1. The van der Waals surface area contributed by atoms with Gasteiger partial charge in [0.1, 0.15) is 0 Å².